The van der Waals surface area contributed by atoms with E-state index in [2.05, 4.69) is 5.32 Å². The van der Waals surface area contributed by atoms with Gasteiger partial charge in [-0.05, 0) is 42.7 Å². The molecular weight excluding hydrogens is 272 g/mol. The molecule has 0 saturated carbocycles. The lowest BCUT2D eigenvalue weighted by Gasteiger charge is -2.15. The number of amides is 1. The van der Waals surface area contributed by atoms with Gasteiger partial charge in [-0.15, -0.1) is 0 Å². The summed E-state index contributed by atoms with van der Waals surface area (Å²) in [5.74, 6) is -1.95. The van der Waals surface area contributed by atoms with Crippen molar-refractivity contribution in [1.29, 1.82) is 0 Å². The predicted octanol–water partition coefficient (Wildman–Crippen LogP) is 3.69. The van der Waals surface area contributed by atoms with Gasteiger partial charge in [-0.3, -0.25) is 4.79 Å². The summed E-state index contributed by atoms with van der Waals surface area (Å²) in [4.78, 5) is 12.0. The fraction of sp³-hybridized carbons (Fsp3) is 0.235. The van der Waals surface area contributed by atoms with Crippen molar-refractivity contribution in [2.24, 2.45) is 0 Å². The van der Waals surface area contributed by atoms with Gasteiger partial charge in [0, 0.05) is 0 Å². The first-order valence-electron chi connectivity index (χ1n) is 6.76. The summed E-state index contributed by atoms with van der Waals surface area (Å²) in [6.45, 7) is 3.68. The number of hydrogen-bond donors (Lipinski definition) is 1. The highest BCUT2D eigenvalue weighted by Crippen LogP contribution is 2.16. The molecule has 0 spiro atoms. The third-order valence-electron chi connectivity index (χ3n) is 3.43. The lowest BCUT2D eigenvalue weighted by molar-refractivity contribution is -0.121. The number of carbonyl (C=O) groups is 1. The summed E-state index contributed by atoms with van der Waals surface area (Å²) in [5, 5.41) is 2.79. The normalized spacial score (nSPS) is 12.0. The molecule has 0 aromatic heterocycles. The molecule has 2 nitrogen and oxygen atoms in total. The van der Waals surface area contributed by atoms with Crippen molar-refractivity contribution in [1.82, 2.24) is 5.32 Å². The molecule has 1 N–H and O–H groups in total. The van der Waals surface area contributed by atoms with Crippen LogP contribution < -0.4 is 5.32 Å². The molecule has 0 heterocycles. The topological polar surface area (TPSA) is 29.1 Å². The van der Waals surface area contributed by atoms with Crippen molar-refractivity contribution >= 4 is 5.91 Å². The van der Waals surface area contributed by atoms with Crippen LogP contribution >= 0.6 is 0 Å². The summed E-state index contributed by atoms with van der Waals surface area (Å²) in [6.07, 6.45) is 0.265. The van der Waals surface area contributed by atoms with Crippen LogP contribution in [0, 0.1) is 18.6 Å². The van der Waals surface area contributed by atoms with Crippen molar-refractivity contribution in [2.45, 2.75) is 26.3 Å². The Bertz CT molecular complexity index is 655. The van der Waals surface area contributed by atoms with Gasteiger partial charge in [-0.25, -0.2) is 8.78 Å². The van der Waals surface area contributed by atoms with E-state index < -0.39 is 11.6 Å². The minimum absolute atomic E-state index is 0.151. The molecule has 2 aromatic rings. The Hall–Kier alpha value is -2.23. The van der Waals surface area contributed by atoms with Crippen LogP contribution in [-0.4, -0.2) is 5.91 Å². The van der Waals surface area contributed by atoms with Crippen LogP contribution in [0.3, 0.4) is 0 Å². The van der Waals surface area contributed by atoms with Crippen LogP contribution in [-0.2, 0) is 11.2 Å². The average Bonchev–Trinajstić information content (AvgIpc) is 2.44. The highest BCUT2D eigenvalue weighted by molar-refractivity contribution is 5.79. The molecule has 0 aliphatic carbocycles. The number of halogens is 2. The number of rotatable bonds is 4. The van der Waals surface area contributed by atoms with E-state index in [9.17, 15) is 13.6 Å². The van der Waals surface area contributed by atoms with Crippen LogP contribution in [0.5, 0.6) is 0 Å². The third-order valence-corrected chi connectivity index (χ3v) is 3.43. The third kappa shape index (κ3) is 3.88. The monoisotopic (exact) mass is 289 g/mol. The van der Waals surface area contributed by atoms with E-state index >= 15 is 0 Å². The first-order chi connectivity index (χ1) is 9.97. The Morgan fingerprint density at radius 3 is 2.52 bits per heavy atom. The van der Waals surface area contributed by atoms with Gasteiger partial charge in [0.2, 0.25) is 5.91 Å². The Balaban J connectivity index is 2.02. The molecule has 0 radical (unpaired) electrons. The van der Waals surface area contributed by atoms with E-state index in [0.29, 0.717) is 5.56 Å². The second-order valence-electron chi connectivity index (χ2n) is 5.07. The minimum atomic E-state index is -0.910. The molecule has 1 unspecified atom stereocenters. The molecule has 110 valence electrons. The maximum absolute atomic E-state index is 13.2. The Morgan fingerprint density at radius 2 is 1.86 bits per heavy atom. The van der Waals surface area contributed by atoms with Gasteiger partial charge >= 0.3 is 0 Å². The highest BCUT2D eigenvalue weighted by Gasteiger charge is 2.13. The molecule has 2 rings (SSSR count). The molecule has 21 heavy (non-hydrogen) atoms. The molecule has 2 aromatic carbocycles. The van der Waals surface area contributed by atoms with Gasteiger partial charge in [0.25, 0.3) is 0 Å². The number of benzene rings is 2. The van der Waals surface area contributed by atoms with Gasteiger partial charge in [0.15, 0.2) is 11.6 Å². The second kappa shape index (κ2) is 6.48. The van der Waals surface area contributed by atoms with Gasteiger partial charge < -0.3 is 5.32 Å². The fourth-order valence-corrected chi connectivity index (χ4v) is 2.14. The van der Waals surface area contributed by atoms with Crippen LogP contribution in [0.15, 0.2) is 42.5 Å². The van der Waals surface area contributed by atoms with E-state index in [4.69, 9.17) is 0 Å². The number of aryl methyl sites for hydroxylation is 1. The standard InChI is InChI=1S/C17H17F2NO/c1-11-5-3-4-6-13(11)10-17(21)20-12(2)14-7-8-15(18)16(19)9-14/h3-9,12H,10H2,1-2H3,(H,20,21). The summed E-state index contributed by atoms with van der Waals surface area (Å²) in [7, 11) is 0. The Morgan fingerprint density at radius 1 is 1.14 bits per heavy atom. The molecule has 0 saturated heterocycles. The van der Waals surface area contributed by atoms with Crippen molar-refractivity contribution in [3.63, 3.8) is 0 Å². The first kappa shape index (κ1) is 15.2. The van der Waals surface area contributed by atoms with Crippen molar-refractivity contribution in [3.8, 4) is 0 Å². The van der Waals surface area contributed by atoms with E-state index in [0.717, 1.165) is 23.3 Å². The van der Waals surface area contributed by atoms with Crippen molar-refractivity contribution in [2.75, 3.05) is 0 Å². The van der Waals surface area contributed by atoms with Gasteiger partial charge in [-0.2, -0.15) is 0 Å². The fourth-order valence-electron chi connectivity index (χ4n) is 2.14. The van der Waals surface area contributed by atoms with Crippen molar-refractivity contribution < 1.29 is 13.6 Å². The van der Waals surface area contributed by atoms with Crippen LogP contribution in [0.25, 0.3) is 0 Å². The quantitative estimate of drug-likeness (QED) is 0.913. The molecule has 0 aliphatic rings. The lowest BCUT2D eigenvalue weighted by Crippen LogP contribution is -2.28. The van der Waals surface area contributed by atoms with Gasteiger partial charge in [0.1, 0.15) is 0 Å². The molecule has 1 atom stereocenters. The molecule has 1 amide bonds. The lowest BCUT2D eigenvalue weighted by atomic mass is 10.0. The SMILES string of the molecule is Cc1ccccc1CC(=O)NC(C)c1ccc(F)c(F)c1. The average molecular weight is 289 g/mol. The van der Waals surface area contributed by atoms with Crippen LogP contribution in [0.1, 0.15) is 29.7 Å². The number of nitrogens with one attached hydrogen (secondary N) is 1. The summed E-state index contributed by atoms with van der Waals surface area (Å²) in [5.41, 5.74) is 2.53. The largest absolute Gasteiger partial charge is 0.349 e. The molecule has 0 fully saturated rings. The highest BCUT2D eigenvalue weighted by atomic mass is 19.2. The zero-order valence-corrected chi connectivity index (χ0v) is 12.0. The Labute approximate surface area is 122 Å². The molecular formula is C17H17F2NO. The molecule has 4 heteroatoms. The van der Waals surface area contributed by atoms with Crippen LogP contribution in [0.2, 0.25) is 0 Å². The van der Waals surface area contributed by atoms with E-state index in [1.807, 2.05) is 31.2 Å². The van der Waals surface area contributed by atoms with Gasteiger partial charge in [0.05, 0.1) is 12.5 Å². The Kier molecular flexibility index (Phi) is 4.68. The maximum atomic E-state index is 13.2. The summed E-state index contributed by atoms with van der Waals surface area (Å²) in [6, 6.07) is 10.9. The molecule has 0 bridgehead atoms. The van der Waals surface area contributed by atoms with Crippen molar-refractivity contribution in [3.05, 3.63) is 70.8 Å². The maximum Gasteiger partial charge on any atom is 0.224 e. The van der Waals surface area contributed by atoms with Crippen LogP contribution in [0.4, 0.5) is 8.78 Å². The second-order valence-corrected chi connectivity index (χ2v) is 5.07. The van der Waals surface area contributed by atoms with Gasteiger partial charge in [-0.1, -0.05) is 30.3 Å². The van der Waals surface area contributed by atoms with E-state index in [1.54, 1.807) is 6.92 Å². The van der Waals surface area contributed by atoms with E-state index in [1.165, 1.54) is 6.07 Å². The number of carbonyl (C=O) groups excluding carboxylic acids is 1. The zero-order valence-electron chi connectivity index (χ0n) is 12.0. The van der Waals surface area contributed by atoms with E-state index in [-0.39, 0.29) is 18.4 Å². The minimum Gasteiger partial charge on any atom is -0.349 e. The first-order valence-corrected chi connectivity index (χ1v) is 6.76. The summed E-state index contributed by atoms with van der Waals surface area (Å²) >= 11 is 0. The predicted molar refractivity (Wildman–Crippen MR) is 77.8 cm³/mol. The zero-order chi connectivity index (χ0) is 15.4. The molecule has 0 aliphatic heterocycles. The number of hydrogen-bond acceptors (Lipinski definition) is 1. The summed E-state index contributed by atoms with van der Waals surface area (Å²) < 4.78 is 26.1. The smallest absolute Gasteiger partial charge is 0.224 e.